The summed E-state index contributed by atoms with van der Waals surface area (Å²) in [6, 6.07) is 7.18. The van der Waals surface area contributed by atoms with Gasteiger partial charge in [0.05, 0.1) is 18.0 Å². The van der Waals surface area contributed by atoms with Gasteiger partial charge in [-0.25, -0.2) is 18.7 Å². The highest BCUT2D eigenvalue weighted by Gasteiger charge is 2.26. The molecule has 1 unspecified atom stereocenters. The Morgan fingerprint density at radius 2 is 1.93 bits per heavy atom. The number of halogens is 3. The lowest BCUT2D eigenvalue weighted by molar-refractivity contribution is -0.120. The van der Waals surface area contributed by atoms with Gasteiger partial charge >= 0.3 is 0 Å². The van der Waals surface area contributed by atoms with E-state index in [1.54, 1.807) is 18.5 Å². The van der Waals surface area contributed by atoms with Gasteiger partial charge in [-0.2, -0.15) is 0 Å². The molecule has 8 heteroatoms. The SMILES string of the molecule is O=C(Cc1ccc(F)c(F)c1)NCC1Cc2cc(-c3cncnc3)cc(Cl)c2O1. The molecule has 0 spiro atoms. The summed E-state index contributed by atoms with van der Waals surface area (Å²) in [5.74, 6) is -1.61. The number of benzene rings is 2. The quantitative estimate of drug-likeness (QED) is 0.689. The Balaban J connectivity index is 1.37. The van der Waals surface area contributed by atoms with Crippen molar-refractivity contribution in [2.45, 2.75) is 18.9 Å². The van der Waals surface area contributed by atoms with Crippen LogP contribution in [0, 0.1) is 11.6 Å². The highest BCUT2D eigenvalue weighted by atomic mass is 35.5. The molecule has 1 aliphatic heterocycles. The normalized spacial score (nSPS) is 14.9. The van der Waals surface area contributed by atoms with Gasteiger partial charge in [0.2, 0.25) is 5.91 Å². The van der Waals surface area contributed by atoms with Gasteiger partial charge in [-0.3, -0.25) is 4.79 Å². The molecule has 0 radical (unpaired) electrons. The third-order valence-corrected chi connectivity index (χ3v) is 4.90. The molecule has 29 heavy (non-hydrogen) atoms. The van der Waals surface area contributed by atoms with Crippen LogP contribution in [-0.2, 0) is 17.6 Å². The van der Waals surface area contributed by atoms with Crippen LogP contribution >= 0.6 is 11.6 Å². The molecule has 0 saturated carbocycles. The number of rotatable bonds is 5. The maximum atomic E-state index is 13.3. The van der Waals surface area contributed by atoms with Crippen LogP contribution in [-0.4, -0.2) is 28.5 Å². The number of carbonyl (C=O) groups excluding carboxylic acids is 1. The van der Waals surface area contributed by atoms with Crippen molar-refractivity contribution in [2.24, 2.45) is 0 Å². The summed E-state index contributed by atoms with van der Waals surface area (Å²) in [6.07, 6.45) is 5.14. The summed E-state index contributed by atoms with van der Waals surface area (Å²) in [4.78, 5) is 20.2. The number of nitrogens with one attached hydrogen (secondary N) is 1. The van der Waals surface area contributed by atoms with Crippen LogP contribution < -0.4 is 10.1 Å². The molecule has 0 saturated heterocycles. The second-order valence-corrected chi connectivity index (χ2v) is 7.15. The van der Waals surface area contributed by atoms with Gasteiger partial charge in [0.15, 0.2) is 11.6 Å². The Morgan fingerprint density at radius 3 is 2.69 bits per heavy atom. The van der Waals surface area contributed by atoms with E-state index >= 15 is 0 Å². The van der Waals surface area contributed by atoms with Crippen molar-refractivity contribution in [1.29, 1.82) is 0 Å². The zero-order valence-corrected chi connectivity index (χ0v) is 15.9. The Morgan fingerprint density at radius 1 is 1.14 bits per heavy atom. The Bertz CT molecular complexity index is 1060. The van der Waals surface area contributed by atoms with E-state index in [1.165, 1.54) is 12.4 Å². The lowest BCUT2D eigenvalue weighted by Crippen LogP contribution is -2.35. The number of hydrogen-bond donors (Lipinski definition) is 1. The van der Waals surface area contributed by atoms with Crippen LogP contribution in [0.2, 0.25) is 5.02 Å². The molecule has 4 rings (SSSR count). The van der Waals surface area contributed by atoms with Crippen LogP contribution in [0.3, 0.4) is 0 Å². The van der Waals surface area contributed by atoms with Gasteiger partial charge in [0.1, 0.15) is 18.2 Å². The van der Waals surface area contributed by atoms with Gasteiger partial charge in [0.25, 0.3) is 0 Å². The topological polar surface area (TPSA) is 64.1 Å². The maximum Gasteiger partial charge on any atom is 0.224 e. The van der Waals surface area contributed by atoms with E-state index < -0.39 is 11.6 Å². The molecule has 1 atom stereocenters. The summed E-state index contributed by atoms with van der Waals surface area (Å²) < 4.78 is 32.1. The monoisotopic (exact) mass is 415 g/mol. The minimum atomic E-state index is -0.973. The molecule has 1 amide bonds. The summed E-state index contributed by atoms with van der Waals surface area (Å²) in [6.45, 7) is 0.275. The minimum Gasteiger partial charge on any atom is -0.486 e. The number of fused-ring (bicyclic) bond motifs is 1. The first-order chi connectivity index (χ1) is 14.0. The zero-order chi connectivity index (χ0) is 20.4. The standard InChI is InChI=1S/C21H16ClF2N3O2/c22-17-7-13(15-8-25-11-26-9-15)5-14-6-16(29-21(14)17)10-27-20(28)4-12-1-2-18(23)19(24)3-12/h1-3,5,7-9,11,16H,4,6,10H2,(H,27,28). The second kappa shape index (κ2) is 8.13. The molecule has 1 N–H and O–H groups in total. The number of aromatic nitrogens is 2. The van der Waals surface area contributed by atoms with Crippen LogP contribution in [0.1, 0.15) is 11.1 Å². The average molecular weight is 416 g/mol. The van der Waals surface area contributed by atoms with Crippen LogP contribution in [0.5, 0.6) is 5.75 Å². The first-order valence-corrected chi connectivity index (χ1v) is 9.32. The second-order valence-electron chi connectivity index (χ2n) is 6.75. The molecule has 1 aromatic heterocycles. The van der Waals surface area contributed by atoms with Crippen molar-refractivity contribution >= 4 is 17.5 Å². The summed E-state index contributed by atoms with van der Waals surface area (Å²) in [5.41, 5.74) is 3.08. The molecule has 1 aliphatic rings. The molecule has 3 aromatic rings. The van der Waals surface area contributed by atoms with Crippen molar-refractivity contribution < 1.29 is 18.3 Å². The van der Waals surface area contributed by atoms with E-state index in [-0.39, 0.29) is 25.0 Å². The summed E-state index contributed by atoms with van der Waals surface area (Å²) in [7, 11) is 0. The van der Waals surface area contributed by atoms with Crippen LogP contribution in [0.25, 0.3) is 11.1 Å². The highest BCUT2D eigenvalue weighted by molar-refractivity contribution is 6.32. The van der Waals surface area contributed by atoms with E-state index in [9.17, 15) is 13.6 Å². The van der Waals surface area contributed by atoms with Gasteiger partial charge in [-0.15, -0.1) is 0 Å². The minimum absolute atomic E-state index is 0.0459. The third kappa shape index (κ3) is 4.35. The number of carbonyl (C=O) groups is 1. The van der Waals surface area contributed by atoms with Gasteiger partial charge in [-0.1, -0.05) is 17.7 Å². The average Bonchev–Trinajstić information content (AvgIpc) is 3.14. The van der Waals surface area contributed by atoms with E-state index in [0.29, 0.717) is 22.8 Å². The molecular formula is C21H16ClF2N3O2. The summed E-state index contributed by atoms with van der Waals surface area (Å²) in [5, 5.41) is 3.25. The Hall–Kier alpha value is -3.06. The molecular weight excluding hydrogens is 400 g/mol. The largest absolute Gasteiger partial charge is 0.486 e. The predicted molar refractivity (Wildman–Crippen MR) is 104 cm³/mol. The third-order valence-electron chi connectivity index (χ3n) is 4.62. The number of hydrogen-bond acceptors (Lipinski definition) is 4. The summed E-state index contributed by atoms with van der Waals surface area (Å²) >= 11 is 6.37. The number of ether oxygens (including phenoxy) is 1. The highest BCUT2D eigenvalue weighted by Crippen LogP contribution is 2.39. The van der Waals surface area contributed by atoms with Crippen molar-refractivity contribution in [2.75, 3.05) is 6.54 Å². The van der Waals surface area contributed by atoms with Crippen molar-refractivity contribution in [3.05, 3.63) is 76.8 Å². The predicted octanol–water partition coefficient (Wildman–Crippen LogP) is 3.74. The van der Waals surface area contributed by atoms with E-state index in [2.05, 4.69) is 15.3 Å². The molecule has 2 aromatic carbocycles. The van der Waals surface area contributed by atoms with Crippen molar-refractivity contribution in [3.63, 3.8) is 0 Å². The Labute approximate surface area is 170 Å². The fourth-order valence-corrected chi connectivity index (χ4v) is 3.52. The molecule has 0 aliphatic carbocycles. The lowest BCUT2D eigenvalue weighted by atomic mass is 10.0. The first kappa shape index (κ1) is 19.3. The maximum absolute atomic E-state index is 13.3. The van der Waals surface area contributed by atoms with Gasteiger partial charge in [0, 0.05) is 29.9 Å². The zero-order valence-electron chi connectivity index (χ0n) is 15.2. The molecule has 5 nitrogen and oxygen atoms in total. The van der Waals surface area contributed by atoms with Crippen molar-refractivity contribution in [3.8, 4) is 16.9 Å². The smallest absolute Gasteiger partial charge is 0.224 e. The fourth-order valence-electron chi connectivity index (χ4n) is 3.24. The van der Waals surface area contributed by atoms with E-state index in [1.807, 2.05) is 6.07 Å². The number of nitrogens with zero attached hydrogens (tertiary/aromatic N) is 2. The fraction of sp³-hybridized carbons (Fsp3) is 0.190. The molecule has 0 fully saturated rings. The molecule has 2 heterocycles. The number of amides is 1. The first-order valence-electron chi connectivity index (χ1n) is 8.94. The van der Waals surface area contributed by atoms with E-state index in [0.717, 1.165) is 28.8 Å². The Kier molecular flexibility index (Phi) is 5.40. The lowest BCUT2D eigenvalue weighted by Gasteiger charge is -2.12. The van der Waals surface area contributed by atoms with Crippen LogP contribution in [0.4, 0.5) is 8.78 Å². The molecule has 0 bridgehead atoms. The van der Waals surface area contributed by atoms with Gasteiger partial charge in [-0.05, 0) is 35.4 Å². The van der Waals surface area contributed by atoms with E-state index in [4.69, 9.17) is 16.3 Å². The molecule has 148 valence electrons. The van der Waals surface area contributed by atoms with Crippen molar-refractivity contribution in [1.82, 2.24) is 15.3 Å². The van der Waals surface area contributed by atoms with Gasteiger partial charge < -0.3 is 10.1 Å². The van der Waals surface area contributed by atoms with Crippen LogP contribution in [0.15, 0.2) is 49.1 Å².